The number of hydrogen-bond donors (Lipinski definition) is 2. The van der Waals surface area contributed by atoms with Gasteiger partial charge in [0.1, 0.15) is 5.75 Å². The molecule has 0 saturated carbocycles. The van der Waals surface area contributed by atoms with Gasteiger partial charge in [0.25, 0.3) is 0 Å². The number of anilines is 4. The molecule has 1 aromatic heterocycles. The zero-order valence-electron chi connectivity index (χ0n) is 16.9. The average molecular weight is 397 g/mol. The largest absolute Gasteiger partial charge is 0.495 e. The van der Waals surface area contributed by atoms with Crippen LogP contribution in [0.25, 0.3) is 0 Å². The monoisotopic (exact) mass is 397 g/mol. The van der Waals surface area contributed by atoms with Crippen molar-refractivity contribution in [2.24, 2.45) is 0 Å². The first kappa shape index (κ1) is 20.0. The second-order valence-corrected chi connectivity index (χ2v) is 6.03. The normalized spacial score (nSPS) is 10.2. The highest BCUT2D eigenvalue weighted by molar-refractivity contribution is 5.68. The van der Waals surface area contributed by atoms with Crippen LogP contribution in [-0.4, -0.2) is 43.6 Å². The fourth-order valence-corrected chi connectivity index (χ4v) is 2.76. The van der Waals surface area contributed by atoms with Crippen LogP contribution in [0.5, 0.6) is 23.0 Å². The lowest BCUT2D eigenvalue weighted by Gasteiger charge is -2.15. The number of rotatable bonds is 8. The van der Waals surface area contributed by atoms with Gasteiger partial charge in [0, 0.05) is 17.8 Å². The number of nitrogens with one attached hydrogen (secondary N) is 2. The van der Waals surface area contributed by atoms with Gasteiger partial charge in [-0.2, -0.15) is 10.1 Å². The van der Waals surface area contributed by atoms with Gasteiger partial charge in [-0.3, -0.25) is 0 Å². The molecule has 152 valence electrons. The quantitative estimate of drug-likeness (QED) is 0.589. The molecule has 0 fully saturated rings. The Labute approximate surface area is 169 Å². The highest BCUT2D eigenvalue weighted by Crippen LogP contribution is 2.40. The van der Waals surface area contributed by atoms with Crippen LogP contribution in [0.2, 0.25) is 0 Å². The summed E-state index contributed by atoms with van der Waals surface area (Å²) in [6, 6.07) is 9.34. The third-order valence-corrected chi connectivity index (χ3v) is 4.10. The predicted molar refractivity (Wildman–Crippen MR) is 110 cm³/mol. The molecule has 0 atom stereocenters. The minimum Gasteiger partial charge on any atom is -0.495 e. The summed E-state index contributed by atoms with van der Waals surface area (Å²) in [5, 5.41) is 14.4. The molecule has 3 rings (SSSR count). The Morgan fingerprint density at radius 2 is 1.48 bits per heavy atom. The lowest BCUT2D eigenvalue weighted by atomic mass is 10.2. The highest BCUT2D eigenvalue weighted by atomic mass is 16.5. The van der Waals surface area contributed by atoms with Gasteiger partial charge in [0.2, 0.25) is 11.7 Å². The van der Waals surface area contributed by atoms with Crippen LogP contribution in [-0.2, 0) is 0 Å². The maximum Gasteiger partial charge on any atom is 0.249 e. The van der Waals surface area contributed by atoms with Gasteiger partial charge < -0.3 is 29.6 Å². The molecule has 0 amide bonds. The summed E-state index contributed by atoms with van der Waals surface area (Å²) < 4.78 is 21.5. The molecule has 29 heavy (non-hydrogen) atoms. The Bertz CT molecular complexity index is 971. The van der Waals surface area contributed by atoms with Crippen molar-refractivity contribution in [3.8, 4) is 23.0 Å². The van der Waals surface area contributed by atoms with Gasteiger partial charge in [-0.25, -0.2) is 0 Å². The summed E-state index contributed by atoms with van der Waals surface area (Å²) in [6.07, 6.45) is 1.52. The second kappa shape index (κ2) is 8.96. The van der Waals surface area contributed by atoms with E-state index >= 15 is 0 Å². The van der Waals surface area contributed by atoms with Gasteiger partial charge in [0.05, 0.1) is 40.3 Å². The van der Waals surface area contributed by atoms with Crippen LogP contribution < -0.4 is 29.6 Å². The summed E-state index contributed by atoms with van der Waals surface area (Å²) in [5.74, 6) is 3.06. The minimum atomic E-state index is 0.325. The molecule has 9 heteroatoms. The maximum absolute atomic E-state index is 5.38. The standard InChI is InChI=1S/C20H23N5O4/c1-12-6-7-15(26-2)14(8-12)23-20-24-18(11-21-25-20)22-13-9-16(27-3)19(29-5)17(10-13)28-4/h6-11H,1-5H3,(H2,22,23,24,25). The van der Waals surface area contributed by atoms with E-state index in [0.717, 1.165) is 11.3 Å². The van der Waals surface area contributed by atoms with Crippen molar-refractivity contribution in [1.82, 2.24) is 15.2 Å². The number of methoxy groups -OCH3 is 4. The highest BCUT2D eigenvalue weighted by Gasteiger charge is 2.14. The van der Waals surface area contributed by atoms with E-state index in [-0.39, 0.29) is 0 Å². The van der Waals surface area contributed by atoms with Crippen molar-refractivity contribution in [3.63, 3.8) is 0 Å². The summed E-state index contributed by atoms with van der Waals surface area (Å²) in [6.45, 7) is 1.99. The Kier molecular flexibility index (Phi) is 6.18. The smallest absolute Gasteiger partial charge is 0.249 e. The van der Waals surface area contributed by atoms with Crippen LogP contribution in [0.4, 0.5) is 23.1 Å². The van der Waals surface area contributed by atoms with Gasteiger partial charge >= 0.3 is 0 Å². The van der Waals surface area contributed by atoms with Crippen LogP contribution in [0, 0.1) is 6.92 Å². The van der Waals surface area contributed by atoms with E-state index in [2.05, 4.69) is 25.8 Å². The molecule has 0 unspecified atom stereocenters. The van der Waals surface area contributed by atoms with Crippen molar-refractivity contribution >= 4 is 23.1 Å². The summed E-state index contributed by atoms with van der Waals surface area (Å²) in [4.78, 5) is 4.46. The van der Waals surface area contributed by atoms with Crippen LogP contribution in [0.3, 0.4) is 0 Å². The average Bonchev–Trinajstić information content (AvgIpc) is 2.73. The fraction of sp³-hybridized carbons (Fsp3) is 0.250. The van der Waals surface area contributed by atoms with Crippen molar-refractivity contribution in [2.45, 2.75) is 6.92 Å². The fourth-order valence-electron chi connectivity index (χ4n) is 2.76. The van der Waals surface area contributed by atoms with E-state index < -0.39 is 0 Å². The Hall–Kier alpha value is -3.75. The van der Waals surface area contributed by atoms with E-state index in [9.17, 15) is 0 Å². The summed E-state index contributed by atoms with van der Waals surface area (Å²) in [7, 11) is 6.28. The van der Waals surface area contributed by atoms with Crippen molar-refractivity contribution in [2.75, 3.05) is 39.1 Å². The molecule has 9 nitrogen and oxygen atoms in total. The molecule has 0 aliphatic carbocycles. The molecule has 0 radical (unpaired) electrons. The Morgan fingerprint density at radius 3 is 2.10 bits per heavy atom. The SMILES string of the molecule is COc1ccc(C)cc1Nc1nncc(Nc2cc(OC)c(OC)c(OC)c2)n1. The van der Waals surface area contributed by atoms with Crippen molar-refractivity contribution in [3.05, 3.63) is 42.1 Å². The first-order valence-corrected chi connectivity index (χ1v) is 8.76. The second-order valence-electron chi connectivity index (χ2n) is 6.03. The number of ether oxygens (including phenoxy) is 4. The van der Waals surface area contributed by atoms with E-state index in [1.54, 1.807) is 40.6 Å². The molecule has 0 bridgehead atoms. The van der Waals surface area contributed by atoms with Gasteiger partial charge in [0.15, 0.2) is 17.3 Å². The van der Waals surface area contributed by atoms with E-state index in [1.165, 1.54) is 6.20 Å². The van der Waals surface area contributed by atoms with E-state index in [0.29, 0.717) is 40.5 Å². The molecule has 0 aliphatic heterocycles. The number of nitrogens with zero attached hydrogens (tertiary/aromatic N) is 3. The lowest BCUT2D eigenvalue weighted by Crippen LogP contribution is -2.04. The summed E-state index contributed by atoms with van der Waals surface area (Å²) in [5.41, 5.74) is 2.52. The van der Waals surface area contributed by atoms with Gasteiger partial charge in [-0.15, -0.1) is 5.10 Å². The molecule has 3 aromatic rings. The number of benzene rings is 2. The Morgan fingerprint density at radius 1 is 0.793 bits per heavy atom. The van der Waals surface area contributed by atoms with E-state index in [1.807, 2.05) is 25.1 Å². The zero-order chi connectivity index (χ0) is 20.8. The van der Waals surface area contributed by atoms with Gasteiger partial charge in [-0.05, 0) is 24.6 Å². The molecule has 2 aromatic carbocycles. The summed E-state index contributed by atoms with van der Waals surface area (Å²) >= 11 is 0. The number of aromatic nitrogens is 3. The maximum atomic E-state index is 5.38. The van der Waals surface area contributed by atoms with Crippen LogP contribution in [0.15, 0.2) is 36.5 Å². The lowest BCUT2D eigenvalue weighted by molar-refractivity contribution is 0.324. The predicted octanol–water partition coefficient (Wildman–Crippen LogP) is 3.70. The third kappa shape index (κ3) is 4.57. The molecular formula is C20H23N5O4. The number of hydrogen-bond acceptors (Lipinski definition) is 9. The molecule has 0 saturated heterocycles. The minimum absolute atomic E-state index is 0.325. The van der Waals surface area contributed by atoms with Crippen molar-refractivity contribution < 1.29 is 18.9 Å². The first-order valence-electron chi connectivity index (χ1n) is 8.76. The molecular weight excluding hydrogens is 374 g/mol. The van der Waals surface area contributed by atoms with Crippen molar-refractivity contribution in [1.29, 1.82) is 0 Å². The van der Waals surface area contributed by atoms with Gasteiger partial charge in [-0.1, -0.05) is 6.07 Å². The van der Waals surface area contributed by atoms with Crippen LogP contribution >= 0.6 is 0 Å². The zero-order valence-corrected chi connectivity index (χ0v) is 16.9. The third-order valence-electron chi connectivity index (χ3n) is 4.10. The first-order chi connectivity index (χ1) is 14.1. The molecule has 1 heterocycles. The molecule has 0 aliphatic rings. The van der Waals surface area contributed by atoms with Crippen LogP contribution in [0.1, 0.15) is 5.56 Å². The topological polar surface area (TPSA) is 99.7 Å². The van der Waals surface area contributed by atoms with E-state index in [4.69, 9.17) is 18.9 Å². The Balaban J connectivity index is 1.86. The molecule has 2 N–H and O–H groups in total. The number of aryl methyl sites for hydroxylation is 1. The molecule has 0 spiro atoms.